The second-order valence-corrected chi connectivity index (χ2v) is 10.6. The maximum absolute atomic E-state index is 14.0. The van der Waals surface area contributed by atoms with Crippen LogP contribution in [0.5, 0.6) is 17.2 Å². The van der Waals surface area contributed by atoms with Crippen LogP contribution in [0.15, 0.2) is 95.3 Å². The predicted molar refractivity (Wildman–Crippen MR) is 161 cm³/mol. The van der Waals surface area contributed by atoms with Crippen molar-refractivity contribution in [1.82, 2.24) is 5.32 Å². The summed E-state index contributed by atoms with van der Waals surface area (Å²) in [5.74, 6) is 0.906. The van der Waals surface area contributed by atoms with Gasteiger partial charge in [0.15, 0.2) is 17.3 Å². The summed E-state index contributed by atoms with van der Waals surface area (Å²) in [5, 5.41) is 3.42. The lowest BCUT2D eigenvalue weighted by Crippen LogP contribution is -2.36. The molecule has 1 heterocycles. The number of dihydropyridines is 1. The number of ketones is 1. The van der Waals surface area contributed by atoms with Crippen molar-refractivity contribution in [2.24, 2.45) is 0 Å². The molecule has 0 saturated heterocycles. The molecule has 0 spiro atoms. The van der Waals surface area contributed by atoms with Gasteiger partial charge in [-0.05, 0) is 66.6 Å². The molecule has 1 aliphatic carbocycles. The Kier molecular flexibility index (Phi) is 8.96. The standard InChI is InChI=1S/C35H37NO6/c1-5-16-41-35(38)32-22(2)36-28-18-26(24-14-15-30(39-3)31(20-24)40-4)19-29(37)34(28)33(32)25-12-9-13-27(17-25)42-21-23-10-7-6-8-11-23/h6-15,17,20,26,33,36H,5,16,18-19,21H2,1-4H3/t26-,33+/m1/s1. The number of benzene rings is 3. The Balaban J connectivity index is 1.51. The van der Waals surface area contributed by atoms with Crippen LogP contribution >= 0.6 is 0 Å². The van der Waals surface area contributed by atoms with Crippen LogP contribution < -0.4 is 19.5 Å². The zero-order chi connectivity index (χ0) is 29.6. The van der Waals surface area contributed by atoms with Gasteiger partial charge in [0.2, 0.25) is 0 Å². The Morgan fingerprint density at radius 1 is 0.905 bits per heavy atom. The SMILES string of the molecule is CCCOC(=O)C1=C(C)NC2=C(C(=O)C[C@H](c3ccc(OC)c(OC)c3)C2)[C@H]1c1cccc(OCc2ccccc2)c1. The molecule has 42 heavy (non-hydrogen) atoms. The van der Waals surface area contributed by atoms with E-state index in [1.165, 1.54) is 0 Å². The van der Waals surface area contributed by atoms with Crippen LogP contribution in [0, 0.1) is 0 Å². The van der Waals surface area contributed by atoms with Crippen molar-refractivity contribution in [2.45, 2.75) is 51.6 Å². The van der Waals surface area contributed by atoms with Crippen LogP contribution in [0.4, 0.5) is 0 Å². The Morgan fingerprint density at radius 3 is 2.43 bits per heavy atom. The molecule has 0 saturated carbocycles. The van der Waals surface area contributed by atoms with Gasteiger partial charge in [0.1, 0.15) is 12.4 Å². The van der Waals surface area contributed by atoms with Crippen LogP contribution in [0.2, 0.25) is 0 Å². The van der Waals surface area contributed by atoms with Crippen molar-refractivity contribution in [3.8, 4) is 17.2 Å². The normalized spacial score (nSPS) is 18.2. The molecule has 3 aromatic rings. The van der Waals surface area contributed by atoms with E-state index in [4.69, 9.17) is 18.9 Å². The molecular formula is C35H37NO6. The minimum Gasteiger partial charge on any atom is -0.493 e. The van der Waals surface area contributed by atoms with Crippen LogP contribution in [0.25, 0.3) is 0 Å². The second kappa shape index (κ2) is 13.0. The highest BCUT2D eigenvalue weighted by Crippen LogP contribution is 2.47. The van der Waals surface area contributed by atoms with Gasteiger partial charge in [-0.2, -0.15) is 0 Å². The van der Waals surface area contributed by atoms with Gasteiger partial charge < -0.3 is 24.3 Å². The molecule has 1 N–H and O–H groups in total. The third-order valence-corrected chi connectivity index (χ3v) is 7.80. The molecule has 7 heteroatoms. The molecule has 0 amide bonds. The predicted octanol–water partition coefficient (Wildman–Crippen LogP) is 6.60. The summed E-state index contributed by atoms with van der Waals surface area (Å²) in [6, 6.07) is 23.4. The fourth-order valence-electron chi connectivity index (χ4n) is 5.78. The molecule has 7 nitrogen and oxygen atoms in total. The Labute approximate surface area is 247 Å². The number of Topliss-reactive ketones (excluding diaryl/α,β-unsaturated/α-hetero) is 1. The number of carbonyl (C=O) groups excluding carboxylic acids is 2. The molecule has 2 atom stereocenters. The van der Waals surface area contributed by atoms with E-state index >= 15 is 0 Å². The molecule has 218 valence electrons. The lowest BCUT2D eigenvalue weighted by atomic mass is 9.71. The van der Waals surface area contributed by atoms with Gasteiger partial charge in [-0.1, -0.05) is 55.5 Å². The van der Waals surface area contributed by atoms with Gasteiger partial charge in [0.05, 0.1) is 26.4 Å². The van der Waals surface area contributed by atoms with Crippen molar-refractivity contribution < 1.29 is 28.5 Å². The molecule has 0 radical (unpaired) electrons. The van der Waals surface area contributed by atoms with Gasteiger partial charge in [0.25, 0.3) is 0 Å². The van der Waals surface area contributed by atoms with E-state index in [9.17, 15) is 9.59 Å². The summed E-state index contributed by atoms with van der Waals surface area (Å²) < 4.78 is 22.7. The maximum atomic E-state index is 14.0. The molecule has 0 fully saturated rings. The number of ether oxygens (including phenoxy) is 4. The topological polar surface area (TPSA) is 83.1 Å². The third-order valence-electron chi connectivity index (χ3n) is 7.80. The smallest absolute Gasteiger partial charge is 0.336 e. The minimum atomic E-state index is -0.565. The molecule has 2 aliphatic rings. The largest absolute Gasteiger partial charge is 0.493 e. The molecule has 1 aliphatic heterocycles. The first kappa shape index (κ1) is 29.0. The summed E-state index contributed by atoms with van der Waals surface area (Å²) in [6.07, 6.45) is 1.64. The number of esters is 1. The molecule has 0 aromatic heterocycles. The molecule has 5 rings (SSSR count). The monoisotopic (exact) mass is 567 g/mol. The second-order valence-electron chi connectivity index (χ2n) is 10.6. The van der Waals surface area contributed by atoms with Crippen LogP contribution in [-0.4, -0.2) is 32.6 Å². The summed E-state index contributed by atoms with van der Waals surface area (Å²) >= 11 is 0. The van der Waals surface area contributed by atoms with Crippen LogP contribution in [0.1, 0.15) is 61.6 Å². The Hall–Kier alpha value is -4.52. The van der Waals surface area contributed by atoms with Gasteiger partial charge in [-0.3, -0.25) is 4.79 Å². The number of rotatable bonds is 10. The van der Waals surface area contributed by atoms with Crippen molar-refractivity contribution in [3.63, 3.8) is 0 Å². The maximum Gasteiger partial charge on any atom is 0.336 e. The number of hydrogen-bond acceptors (Lipinski definition) is 7. The number of carbonyl (C=O) groups is 2. The number of hydrogen-bond donors (Lipinski definition) is 1. The van der Waals surface area contributed by atoms with Crippen molar-refractivity contribution >= 4 is 11.8 Å². The van der Waals surface area contributed by atoms with Gasteiger partial charge in [-0.15, -0.1) is 0 Å². The highest BCUT2D eigenvalue weighted by Gasteiger charge is 2.41. The third kappa shape index (κ3) is 6.05. The molecule has 3 aromatic carbocycles. The Bertz CT molecular complexity index is 1520. The van der Waals surface area contributed by atoms with Crippen LogP contribution in [-0.2, 0) is 20.9 Å². The summed E-state index contributed by atoms with van der Waals surface area (Å²) in [7, 11) is 3.21. The first-order valence-corrected chi connectivity index (χ1v) is 14.3. The summed E-state index contributed by atoms with van der Waals surface area (Å²) in [5.41, 5.74) is 5.46. The first-order valence-electron chi connectivity index (χ1n) is 14.3. The van der Waals surface area contributed by atoms with Crippen LogP contribution in [0.3, 0.4) is 0 Å². The number of allylic oxidation sites excluding steroid dienone is 3. The highest BCUT2D eigenvalue weighted by molar-refractivity contribution is 6.04. The molecular weight excluding hydrogens is 530 g/mol. The summed E-state index contributed by atoms with van der Waals surface area (Å²) in [6.45, 7) is 4.55. The molecule has 0 unspecified atom stereocenters. The average Bonchev–Trinajstić information content (AvgIpc) is 3.02. The van der Waals surface area contributed by atoms with E-state index < -0.39 is 11.9 Å². The zero-order valence-electron chi connectivity index (χ0n) is 24.6. The number of methoxy groups -OCH3 is 2. The lowest BCUT2D eigenvalue weighted by molar-refractivity contribution is -0.139. The lowest BCUT2D eigenvalue weighted by Gasteiger charge is -2.37. The quantitative estimate of drug-likeness (QED) is 0.277. The van der Waals surface area contributed by atoms with E-state index in [-0.39, 0.29) is 11.7 Å². The fourth-order valence-corrected chi connectivity index (χ4v) is 5.78. The molecule has 0 bridgehead atoms. The van der Waals surface area contributed by atoms with E-state index in [1.54, 1.807) is 14.2 Å². The fraction of sp³-hybridized carbons (Fsp3) is 0.314. The van der Waals surface area contributed by atoms with Gasteiger partial charge in [0, 0.05) is 29.3 Å². The van der Waals surface area contributed by atoms with E-state index in [0.717, 1.165) is 22.4 Å². The van der Waals surface area contributed by atoms with Crippen molar-refractivity contribution in [2.75, 3.05) is 20.8 Å². The minimum absolute atomic E-state index is 0.00238. The van der Waals surface area contributed by atoms with Gasteiger partial charge in [-0.25, -0.2) is 4.79 Å². The first-order chi connectivity index (χ1) is 20.4. The highest BCUT2D eigenvalue weighted by atomic mass is 16.5. The average molecular weight is 568 g/mol. The van der Waals surface area contributed by atoms with E-state index in [1.807, 2.05) is 86.6 Å². The van der Waals surface area contributed by atoms with Crippen molar-refractivity contribution in [1.29, 1.82) is 0 Å². The van der Waals surface area contributed by atoms with E-state index in [2.05, 4.69) is 5.32 Å². The Morgan fingerprint density at radius 2 is 1.69 bits per heavy atom. The summed E-state index contributed by atoms with van der Waals surface area (Å²) in [4.78, 5) is 27.4. The van der Waals surface area contributed by atoms with E-state index in [0.29, 0.717) is 66.6 Å². The zero-order valence-corrected chi connectivity index (χ0v) is 24.6. The van der Waals surface area contributed by atoms with Gasteiger partial charge >= 0.3 is 5.97 Å². The number of nitrogens with one attached hydrogen (secondary N) is 1. The van der Waals surface area contributed by atoms with Crippen molar-refractivity contribution in [3.05, 3.63) is 112 Å².